The molecule has 1 aromatic heterocycles. The van der Waals surface area contributed by atoms with Crippen molar-refractivity contribution in [3.63, 3.8) is 0 Å². The number of benzene rings is 2. The largest absolute Gasteiger partial charge is 0.494 e. The van der Waals surface area contributed by atoms with Crippen LogP contribution in [0.15, 0.2) is 54.6 Å². The van der Waals surface area contributed by atoms with E-state index < -0.39 is 18.1 Å². The Labute approximate surface area is 149 Å². The Kier molecular flexibility index (Phi) is 5.07. The number of carbonyl (C=O) groups is 2. The van der Waals surface area contributed by atoms with Gasteiger partial charge in [-0.1, -0.05) is 48.5 Å². The standard InChI is InChI=1S/C19H18N2O5/c22-17-14(13-8-4-5-9-15(13)20-17)10-16(18(23)24)21-19(25)26-11-12-6-2-1-3-7-12/h1-9,16,20,22H,10-11H2,(H,21,25)(H,23,24)/t16-/m0/s1. The highest BCUT2D eigenvalue weighted by atomic mass is 16.5. The van der Waals surface area contributed by atoms with Crippen LogP contribution in [0, 0.1) is 0 Å². The van der Waals surface area contributed by atoms with Crippen LogP contribution < -0.4 is 5.32 Å². The molecule has 1 amide bonds. The van der Waals surface area contributed by atoms with E-state index in [0.717, 1.165) is 5.56 Å². The number of para-hydroxylation sites is 1. The van der Waals surface area contributed by atoms with Crippen LogP contribution in [0.3, 0.4) is 0 Å². The normalized spacial score (nSPS) is 11.8. The van der Waals surface area contributed by atoms with Crippen molar-refractivity contribution < 1.29 is 24.5 Å². The maximum atomic E-state index is 11.9. The molecule has 0 aliphatic carbocycles. The number of hydrogen-bond donors (Lipinski definition) is 4. The molecule has 3 rings (SSSR count). The molecule has 2 aromatic carbocycles. The smallest absolute Gasteiger partial charge is 0.408 e. The number of amides is 1. The average Bonchev–Trinajstić information content (AvgIpc) is 2.95. The molecule has 26 heavy (non-hydrogen) atoms. The molecule has 0 fully saturated rings. The molecule has 3 aromatic rings. The number of aromatic hydroxyl groups is 1. The fourth-order valence-corrected chi connectivity index (χ4v) is 2.70. The summed E-state index contributed by atoms with van der Waals surface area (Å²) in [6, 6.07) is 15.0. The quantitative estimate of drug-likeness (QED) is 0.544. The van der Waals surface area contributed by atoms with Crippen LogP contribution in [-0.4, -0.2) is 33.3 Å². The Bertz CT molecular complexity index is 920. The van der Waals surface area contributed by atoms with Gasteiger partial charge in [0.15, 0.2) is 5.88 Å². The van der Waals surface area contributed by atoms with E-state index in [1.165, 1.54) is 0 Å². The number of carboxylic acids is 1. The lowest BCUT2D eigenvalue weighted by molar-refractivity contribution is -0.139. The molecule has 4 N–H and O–H groups in total. The van der Waals surface area contributed by atoms with Gasteiger partial charge in [-0.3, -0.25) is 0 Å². The Morgan fingerprint density at radius 1 is 1.08 bits per heavy atom. The number of aromatic amines is 1. The highest BCUT2D eigenvalue weighted by Gasteiger charge is 2.24. The van der Waals surface area contributed by atoms with Crippen LogP contribution in [0.2, 0.25) is 0 Å². The van der Waals surface area contributed by atoms with E-state index >= 15 is 0 Å². The highest BCUT2D eigenvalue weighted by Crippen LogP contribution is 2.28. The number of nitrogens with one attached hydrogen (secondary N) is 2. The lowest BCUT2D eigenvalue weighted by atomic mass is 10.0. The van der Waals surface area contributed by atoms with Crippen molar-refractivity contribution in [2.45, 2.75) is 19.1 Å². The SMILES string of the molecule is O=C(N[C@@H](Cc1c(O)[nH]c2ccccc12)C(=O)O)OCc1ccccc1. The molecule has 1 heterocycles. The monoisotopic (exact) mass is 354 g/mol. The zero-order valence-corrected chi connectivity index (χ0v) is 13.8. The number of H-pyrrole nitrogens is 1. The van der Waals surface area contributed by atoms with Gasteiger partial charge >= 0.3 is 12.1 Å². The molecular weight excluding hydrogens is 336 g/mol. The van der Waals surface area contributed by atoms with E-state index in [9.17, 15) is 19.8 Å². The minimum absolute atomic E-state index is 0.0390. The van der Waals surface area contributed by atoms with Gasteiger partial charge in [-0.25, -0.2) is 9.59 Å². The van der Waals surface area contributed by atoms with Crippen LogP contribution in [0.5, 0.6) is 5.88 Å². The Balaban J connectivity index is 1.68. The zero-order valence-electron chi connectivity index (χ0n) is 13.8. The summed E-state index contributed by atoms with van der Waals surface area (Å²) in [4.78, 5) is 26.3. The summed E-state index contributed by atoms with van der Waals surface area (Å²) in [5.41, 5.74) is 1.91. The van der Waals surface area contributed by atoms with Crippen molar-refractivity contribution in [1.82, 2.24) is 10.3 Å². The van der Waals surface area contributed by atoms with E-state index in [1.807, 2.05) is 18.2 Å². The van der Waals surface area contributed by atoms with Gasteiger partial charge in [0, 0.05) is 22.9 Å². The average molecular weight is 354 g/mol. The number of aliphatic carboxylic acids is 1. The maximum absolute atomic E-state index is 11.9. The van der Waals surface area contributed by atoms with Crippen LogP contribution in [0.25, 0.3) is 10.9 Å². The summed E-state index contributed by atoms with van der Waals surface area (Å²) >= 11 is 0. The predicted molar refractivity (Wildman–Crippen MR) is 94.9 cm³/mol. The van der Waals surface area contributed by atoms with Gasteiger partial charge in [-0.2, -0.15) is 0 Å². The van der Waals surface area contributed by atoms with Crippen molar-refractivity contribution >= 4 is 23.0 Å². The van der Waals surface area contributed by atoms with Gasteiger partial charge in [0.1, 0.15) is 12.6 Å². The summed E-state index contributed by atoms with van der Waals surface area (Å²) in [5.74, 6) is -1.33. The molecule has 0 bridgehead atoms. The van der Waals surface area contributed by atoms with E-state index in [4.69, 9.17) is 4.74 Å². The van der Waals surface area contributed by atoms with Crippen molar-refractivity contribution in [2.75, 3.05) is 0 Å². The van der Waals surface area contributed by atoms with Crippen molar-refractivity contribution in [3.05, 3.63) is 65.7 Å². The van der Waals surface area contributed by atoms with E-state index in [1.54, 1.807) is 36.4 Å². The number of hydrogen-bond acceptors (Lipinski definition) is 4. The summed E-state index contributed by atoms with van der Waals surface area (Å²) in [7, 11) is 0. The van der Waals surface area contributed by atoms with E-state index in [-0.39, 0.29) is 18.9 Å². The molecule has 7 nitrogen and oxygen atoms in total. The minimum atomic E-state index is -1.23. The lowest BCUT2D eigenvalue weighted by Gasteiger charge is -2.14. The van der Waals surface area contributed by atoms with Crippen molar-refractivity contribution in [3.8, 4) is 5.88 Å². The number of carbonyl (C=O) groups excluding carboxylic acids is 1. The minimum Gasteiger partial charge on any atom is -0.494 e. The Hall–Kier alpha value is -3.48. The fraction of sp³-hybridized carbons (Fsp3) is 0.158. The molecule has 0 saturated heterocycles. The molecule has 0 saturated carbocycles. The second-order valence-corrected chi connectivity index (χ2v) is 5.80. The third-order valence-corrected chi connectivity index (χ3v) is 4.00. The number of alkyl carbamates (subject to hydrolysis) is 1. The van der Waals surface area contributed by atoms with Gasteiger partial charge in [-0.15, -0.1) is 0 Å². The van der Waals surface area contributed by atoms with Crippen LogP contribution in [0.4, 0.5) is 4.79 Å². The van der Waals surface area contributed by atoms with Crippen molar-refractivity contribution in [1.29, 1.82) is 0 Å². The molecule has 0 aliphatic heterocycles. The molecule has 1 atom stereocenters. The lowest BCUT2D eigenvalue weighted by Crippen LogP contribution is -2.42. The van der Waals surface area contributed by atoms with Gasteiger partial charge in [0.25, 0.3) is 0 Å². The number of rotatable bonds is 6. The molecule has 0 radical (unpaired) electrons. The van der Waals surface area contributed by atoms with Crippen LogP contribution >= 0.6 is 0 Å². The first kappa shape index (κ1) is 17.3. The molecule has 134 valence electrons. The highest BCUT2D eigenvalue weighted by molar-refractivity contribution is 5.87. The predicted octanol–water partition coefficient (Wildman–Crippen LogP) is 2.80. The van der Waals surface area contributed by atoms with Gasteiger partial charge in [-0.05, 0) is 11.6 Å². The number of ether oxygens (including phenoxy) is 1. The maximum Gasteiger partial charge on any atom is 0.408 e. The van der Waals surface area contributed by atoms with Gasteiger partial charge in [0.2, 0.25) is 0 Å². The third kappa shape index (κ3) is 3.94. The first-order valence-electron chi connectivity index (χ1n) is 8.03. The number of aromatic nitrogens is 1. The summed E-state index contributed by atoms with van der Waals surface area (Å²) in [6.45, 7) is 0.0390. The number of carboxylic acid groups (broad SMARTS) is 1. The summed E-state index contributed by atoms with van der Waals surface area (Å²) < 4.78 is 5.06. The molecule has 7 heteroatoms. The third-order valence-electron chi connectivity index (χ3n) is 4.00. The molecular formula is C19H18N2O5. The second kappa shape index (κ2) is 7.60. The number of fused-ring (bicyclic) bond motifs is 1. The summed E-state index contributed by atoms with van der Waals surface area (Å²) in [6.07, 6.45) is -0.911. The zero-order chi connectivity index (χ0) is 18.5. The van der Waals surface area contributed by atoms with E-state index in [2.05, 4.69) is 10.3 Å². The Morgan fingerprint density at radius 3 is 2.50 bits per heavy atom. The second-order valence-electron chi connectivity index (χ2n) is 5.80. The first-order chi connectivity index (χ1) is 12.5. The van der Waals surface area contributed by atoms with Crippen molar-refractivity contribution in [2.24, 2.45) is 0 Å². The molecule has 0 aliphatic rings. The van der Waals surface area contributed by atoms with Gasteiger partial charge in [0.05, 0.1) is 0 Å². The fourth-order valence-electron chi connectivity index (χ4n) is 2.70. The van der Waals surface area contributed by atoms with Crippen LogP contribution in [-0.2, 0) is 22.6 Å². The van der Waals surface area contributed by atoms with Crippen LogP contribution in [0.1, 0.15) is 11.1 Å². The Morgan fingerprint density at radius 2 is 1.77 bits per heavy atom. The molecule has 0 spiro atoms. The molecule has 0 unspecified atom stereocenters. The van der Waals surface area contributed by atoms with Gasteiger partial charge < -0.3 is 25.3 Å². The summed E-state index contributed by atoms with van der Waals surface area (Å²) in [5, 5.41) is 22.5. The first-order valence-corrected chi connectivity index (χ1v) is 8.03. The topological polar surface area (TPSA) is 112 Å². The van der Waals surface area contributed by atoms with E-state index in [0.29, 0.717) is 16.5 Å².